The fourth-order valence-electron chi connectivity index (χ4n) is 6.84. The summed E-state index contributed by atoms with van der Waals surface area (Å²) in [4.78, 5) is 15.4. The molecule has 1 amide bonds. The molecule has 2 N–H and O–H groups in total. The van der Waals surface area contributed by atoms with Crippen LogP contribution in [0.25, 0.3) is 0 Å². The van der Waals surface area contributed by atoms with Crippen LogP contribution in [0, 0.1) is 17.8 Å². The van der Waals surface area contributed by atoms with Crippen molar-refractivity contribution >= 4 is 34.2 Å². The van der Waals surface area contributed by atoms with Crippen LogP contribution in [0.2, 0.25) is 5.02 Å². The number of carbonyl (C=O) groups is 1. The highest BCUT2D eigenvalue weighted by Crippen LogP contribution is 2.48. The molecular weight excluding hydrogens is 556 g/mol. The highest BCUT2D eigenvalue weighted by atomic mass is 35.5. The van der Waals surface area contributed by atoms with Gasteiger partial charge >= 0.3 is 0 Å². The minimum atomic E-state index is -1.42. The Labute approximate surface area is 252 Å². The van der Waals surface area contributed by atoms with E-state index in [-0.39, 0.29) is 17.2 Å². The van der Waals surface area contributed by atoms with Gasteiger partial charge in [-0.1, -0.05) is 50.6 Å². The molecule has 1 spiro atoms. The first kappa shape index (κ1) is 30.1. The molecule has 1 fully saturated rings. The smallest absolute Gasteiger partial charge is 0.263 e. The number of anilines is 1. The average molecular weight is 599 g/mol. The Morgan fingerprint density at radius 1 is 1.29 bits per heavy atom. The molecule has 0 aromatic heterocycles. The molecule has 0 radical (unpaired) electrons. The number of amides is 1. The lowest BCUT2D eigenvalue weighted by Gasteiger charge is -2.48. The molecule has 222 valence electrons. The Kier molecular flexibility index (Phi) is 8.89. The summed E-state index contributed by atoms with van der Waals surface area (Å²) in [5.41, 5.74) is 2.81. The number of allylic oxidation sites excluding steroid dienone is 1. The Morgan fingerprint density at radius 3 is 2.80 bits per heavy atom. The summed E-state index contributed by atoms with van der Waals surface area (Å²) in [6, 6.07) is 11.7. The van der Waals surface area contributed by atoms with Crippen LogP contribution < -0.4 is 14.4 Å². The zero-order chi connectivity index (χ0) is 29.4. The summed E-state index contributed by atoms with van der Waals surface area (Å²) in [5.74, 6) is 1.57. The van der Waals surface area contributed by atoms with E-state index < -0.39 is 16.6 Å². The summed E-state index contributed by atoms with van der Waals surface area (Å²) in [5, 5.41) is 12.2. The molecule has 1 saturated carbocycles. The van der Waals surface area contributed by atoms with Gasteiger partial charge < -0.3 is 14.7 Å². The Hall–Kier alpha value is -2.35. The molecule has 1 aliphatic heterocycles. The van der Waals surface area contributed by atoms with Gasteiger partial charge in [0.25, 0.3) is 5.91 Å². The lowest BCUT2D eigenvalue weighted by atomic mass is 9.64. The number of nitrogens with zero attached hydrogens (tertiary/aromatic N) is 1. The second-order valence-corrected chi connectivity index (χ2v) is 14.5. The Bertz CT molecular complexity index is 1340. The maximum Gasteiger partial charge on any atom is 0.263 e. The normalized spacial score (nSPS) is 26.0. The van der Waals surface area contributed by atoms with Gasteiger partial charge in [-0.2, -0.15) is 0 Å². The fourth-order valence-corrected chi connectivity index (χ4v) is 7.50. The minimum absolute atomic E-state index is 0.150. The van der Waals surface area contributed by atoms with Gasteiger partial charge in [-0.15, -0.1) is 0 Å². The van der Waals surface area contributed by atoms with Crippen molar-refractivity contribution in [1.29, 1.82) is 0 Å². The lowest BCUT2D eigenvalue weighted by molar-refractivity contribution is -0.0315. The zero-order valence-corrected chi connectivity index (χ0v) is 26.2. The Balaban J connectivity index is 1.51. The number of nitrogens with one attached hydrogen (secondary N) is 1. The van der Waals surface area contributed by atoms with Crippen molar-refractivity contribution in [2.45, 2.75) is 70.8 Å². The molecule has 2 aromatic carbocycles. The standard InChI is InChI=1S/C33H43ClN2O4S/c1-5-41(39)35-31(37)24-9-13-30-29(18-24)36(19-25-8-11-27(25)32(4,38)16-14-22(2)3)20-33(21-40-30)15-6-7-23-17-26(34)10-12-28(23)33/h9-10,12-14,16-18,22,25,27,38H,5-8,11,15,19-21H2,1-4H3,(H,35,37)/b16-14+/t25?,27?,32-,33-,41?/m0/s1. The SMILES string of the molecule is CCS(=O)NC(=O)c1ccc2c(c1)N(CC1CCC1[C@@](C)(O)/C=C/C(C)C)C[C@@]1(CCCc3cc(Cl)ccc31)CO2. The summed E-state index contributed by atoms with van der Waals surface area (Å²) in [6.07, 6.45) is 9.14. The number of aryl methyl sites for hydroxylation is 1. The van der Waals surface area contributed by atoms with Crippen LogP contribution in [0.15, 0.2) is 48.6 Å². The molecule has 8 heteroatoms. The molecule has 5 rings (SSSR count). The van der Waals surface area contributed by atoms with E-state index in [1.165, 1.54) is 11.1 Å². The van der Waals surface area contributed by atoms with Crippen LogP contribution >= 0.6 is 11.6 Å². The molecule has 2 aliphatic carbocycles. The third kappa shape index (κ3) is 6.37. The number of hydrogen-bond acceptors (Lipinski definition) is 5. The molecular formula is C33H43ClN2O4S. The predicted octanol–water partition coefficient (Wildman–Crippen LogP) is 6.22. The van der Waals surface area contributed by atoms with Gasteiger partial charge in [-0.3, -0.25) is 9.52 Å². The number of hydrogen-bond donors (Lipinski definition) is 2. The van der Waals surface area contributed by atoms with Gasteiger partial charge in [0, 0.05) is 34.8 Å². The third-order valence-electron chi connectivity index (χ3n) is 9.21. The maximum atomic E-state index is 13.0. The second kappa shape index (κ2) is 12.1. The molecule has 41 heavy (non-hydrogen) atoms. The van der Waals surface area contributed by atoms with Crippen molar-refractivity contribution in [3.8, 4) is 5.75 Å². The summed E-state index contributed by atoms with van der Waals surface area (Å²) in [6.45, 7) is 9.99. The van der Waals surface area contributed by atoms with Crippen molar-refractivity contribution < 1.29 is 18.8 Å². The summed E-state index contributed by atoms with van der Waals surface area (Å²) < 4.78 is 21.2. The van der Waals surface area contributed by atoms with Gasteiger partial charge in [0.05, 0.1) is 17.9 Å². The fraction of sp³-hybridized carbons (Fsp3) is 0.545. The highest BCUT2D eigenvalue weighted by Gasteiger charge is 2.46. The summed E-state index contributed by atoms with van der Waals surface area (Å²) in [7, 11) is -1.42. The number of ether oxygens (including phenoxy) is 1. The number of benzene rings is 2. The first-order valence-electron chi connectivity index (χ1n) is 14.9. The van der Waals surface area contributed by atoms with Crippen molar-refractivity contribution in [2.75, 3.05) is 30.3 Å². The quantitative estimate of drug-likeness (QED) is 0.353. The first-order chi connectivity index (χ1) is 19.5. The van der Waals surface area contributed by atoms with Crippen LogP contribution in [-0.4, -0.2) is 46.3 Å². The van der Waals surface area contributed by atoms with Gasteiger partial charge in [0.1, 0.15) is 16.7 Å². The maximum absolute atomic E-state index is 13.0. The predicted molar refractivity (Wildman–Crippen MR) is 167 cm³/mol. The van der Waals surface area contributed by atoms with Crippen LogP contribution in [0.1, 0.15) is 74.9 Å². The number of halogens is 1. The number of rotatable bonds is 8. The van der Waals surface area contributed by atoms with Gasteiger partial charge in [-0.05, 0) is 98.2 Å². The molecule has 3 aliphatic rings. The van der Waals surface area contributed by atoms with E-state index >= 15 is 0 Å². The molecule has 0 saturated heterocycles. The monoisotopic (exact) mass is 598 g/mol. The number of aliphatic hydroxyl groups is 1. The number of fused-ring (bicyclic) bond motifs is 3. The molecule has 5 atom stereocenters. The van der Waals surface area contributed by atoms with E-state index in [1.54, 1.807) is 13.0 Å². The van der Waals surface area contributed by atoms with Crippen molar-refractivity contribution in [2.24, 2.45) is 17.8 Å². The van der Waals surface area contributed by atoms with Gasteiger partial charge in [0.2, 0.25) is 0 Å². The van der Waals surface area contributed by atoms with Crippen LogP contribution in [0.5, 0.6) is 5.75 Å². The molecule has 6 nitrogen and oxygen atoms in total. The van der Waals surface area contributed by atoms with Crippen molar-refractivity contribution in [3.05, 3.63) is 70.3 Å². The molecule has 2 aromatic rings. The zero-order valence-electron chi connectivity index (χ0n) is 24.6. The molecule has 3 unspecified atom stereocenters. The molecule has 0 bridgehead atoms. The van der Waals surface area contributed by atoms with Crippen molar-refractivity contribution in [1.82, 2.24) is 4.72 Å². The summed E-state index contributed by atoms with van der Waals surface area (Å²) >= 11 is 6.40. The highest BCUT2D eigenvalue weighted by molar-refractivity contribution is 7.83. The first-order valence-corrected chi connectivity index (χ1v) is 16.6. The third-order valence-corrected chi connectivity index (χ3v) is 10.4. The van der Waals surface area contributed by atoms with Gasteiger partial charge in [0.15, 0.2) is 0 Å². The van der Waals surface area contributed by atoms with Crippen LogP contribution in [-0.2, 0) is 22.8 Å². The average Bonchev–Trinajstić information content (AvgIpc) is 3.06. The minimum Gasteiger partial charge on any atom is -0.490 e. The number of carbonyl (C=O) groups excluding carboxylic acids is 1. The van der Waals surface area contributed by atoms with E-state index in [4.69, 9.17) is 16.3 Å². The van der Waals surface area contributed by atoms with E-state index in [9.17, 15) is 14.1 Å². The van der Waals surface area contributed by atoms with E-state index in [0.717, 1.165) is 61.7 Å². The molecule has 1 heterocycles. The van der Waals surface area contributed by atoms with Crippen molar-refractivity contribution in [3.63, 3.8) is 0 Å². The van der Waals surface area contributed by atoms with Gasteiger partial charge in [-0.25, -0.2) is 4.21 Å². The van der Waals surface area contributed by atoms with E-state index in [0.29, 0.717) is 29.8 Å². The Morgan fingerprint density at radius 2 is 2.10 bits per heavy atom. The largest absolute Gasteiger partial charge is 0.490 e. The topological polar surface area (TPSA) is 78.9 Å². The van der Waals surface area contributed by atoms with E-state index in [1.807, 2.05) is 31.2 Å². The van der Waals surface area contributed by atoms with E-state index in [2.05, 4.69) is 41.7 Å². The second-order valence-electron chi connectivity index (χ2n) is 12.6. The van der Waals surface area contributed by atoms with Crippen LogP contribution in [0.3, 0.4) is 0 Å². The lowest BCUT2D eigenvalue weighted by Crippen LogP contribution is -2.51. The van der Waals surface area contributed by atoms with Crippen LogP contribution in [0.4, 0.5) is 5.69 Å².